The van der Waals surface area contributed by atoms with Crippen molar-refractivity contribution >= 4 is 62.0 Å². The quantitative estimate of drug-likeness (QED) is 0.743. The first-order chi connectivity index (χ1) is 10.1. The number of nitrogen functional groups attached to an aromatic ring is 1. The number of hydrogen-bond acceptors (Lipinski definition) is 5. The normalized spacial score (nSPS) is 10.8. The first kappa shape index (κ1) is 14.1. The minimum absolute atomic E-state index is 0.347. The number of benzene rings is 1. The van der Waals surface area contributed by atoms with Crippen molar-refractivity contribution in [2.45, 2.75) is 0 Å². The number of fused-ring (bicyclic) bond motifs is 1. The number of nitrogens with two attached hydrogens (primary N) is 1. The van der Waals surface area contributed by atoms with Crippen LogP contribution in [0.25, 0.3) is 10.2 Å². The van der Waals surface area contributed by atoms with Crippen LogP contribution in [-0.2, 0) is 0 Å². The predicted octanol–water partition coefficient (Wildman–Crippen LogP) is 3.83. The summed E-state index contributed by atoms with van der Waals surface area (Å²) in [4.78, 5) is 13.3. The van der Waals surface area contributed by atoms with Crippen LogP contribution in [0.2, 0.25) is 10.0 Å². The number of carbonyl (C=O) groups is 1. The van der Waals surface area contributed by atoms with E-state index in [1.165, 1.54) is 17.5 Å². The van der Waals surface area contributed by atoms with Gasteiger partial charge in [0.1, 0.15) is 9.71 Å². The SMILES string of the molecule is Nc1c(C(=O)Nc2ccc(Cl)cc2Cl)sc2nnccc12. The van der Waals surface area contributed by atoms with Crippen LogP contribution in [0.15, 0.2) is 30.5 Å². The van der Waals surface area contributed by atoms with E-state index in [9.17, 15) is 4.79 Å². The third-order valence-electron chi connectivity index (χ3n) is 2.81. The van der Waals surface area contributed by atoms with Gasteiger partial charge in [0.05, 0.1) is 22.6 Å². The molecule has 1 aromatic carbocycles. The summed E-state index contributed by atoms with van der Waals surface area (Å²) in [6.07, 6.45) is 1.53. The standard InChI is InChI=1S/C13H8Cl2N4OS/c14-6-1-2-9(8(15)5-6)18-12(20)11-10(16)7-3-4-17-19-13(7)21-11/h1-5H,16H2,(H,18,20). The Morgan fingerprint density at radius 1 is 1.29 bits per heavy atom. The molecule has 3 N–H and O–H groups in total. The summed E-state index contributed by atoms with van der Waals surface area (Å²) < 4.78 is 0. The Balaban J connectivity index is 1.95. The molecule has 0 aliphatic heterocycles. The smallest absolute Gasteiger partial charge is 0.267 e. The molecule has 0 aliphatic carbocycles. The van der Waals surface area contributed by atoms with Crippen LogP contribution in [0.3, 0.4) is 0 Å². The van der Waals surface area contributed by atoms with Gasteiger partial charge in [-0.25, -0.2) is 0 Å². The number of rotatable bonds is 2. The zero-order valence-corrected chi connectivity index (χ0v) is 12.8. The highest BCUT2D eigenvalue weighted by molar-refractivity contribution is 7.21. The zero-order chi connectivity index (χ0) is 15.0. The summed E-state index contributed by atoms with van der Waals surface area (Å²) in [7, 11) is 0. The summed E-state index contributed by atoms with van der Waals surface area (Å²) in [5, 5.41) is 12.0. The van der Waals surface area contributed by atoms with E-state index < -0.39 is 0 Å². The van der Waals surface area contributed by atoms with Crippen molar-refractivity contribution in [1.82, 2.24) is 10.2 Å². The molecule has 5 nitrogen and oxygen atoms in total. The molecule has 21 heavy (non-hydrogen) atoms. The van der Waals surface area contributed by atoms with Crippen molar-refractivity contribution in [3.05, 3.63) is 45.4 Å². The highest BCUT2D eigenvalue weighted by Gasteiger charge is 2.18. The zero-order valence-electron chi connectivity index (χ0n) is 10.4. The predicted molar refractivity (Wildman–Crippen MR) is 86.2 cm³/mol. The topological polar surface area (TPSA) is 80.9 Å². The Morgan fingerprint density at radius 3 is 2.81 bits per heavy atom. The Hall–Kier alpha value is -1.89. The maximum Gasteiger partial charge on any atom is 0.267 e. The third kappa shape index (κ3) is 2.65. The van der Waals surface area contributed by atoms with E-state index in [0.29, 0.717) is 36.5 Å². The summed E-state index contributed by atoms with van der Waals surface area (Å²) in [5.74, 6) is -0.347. The molecule has 0 unspecified atom stereocenters. The number of hydrogen-bond donors (Lipinski definition) is 2. The molecule has 106 valence electrons. The second-order valence-electron chi connectivity index (χ2n) is 4.17. The molecule has 3 aromatic rings. The van der Waals surface area contributed by atoms with E-state index in [2.05, 4.69) is 15.5 Å². The number of aromatic nitrogens is 2. The lowest BCUT2D eigenvalue weighted by molar-refractivity contribution is 0.103. The van der Waals surface area contributed by atoms with Crippen LogP contribution in [0, 0.1) is 0 Å². The minimum atomic E-state index is -0.347. The summed E-state index contributed by atoms with van der Waals surface area (Å²) in [6, 6.07) is 6.55. The number of carbonyl (C=O) groups excluding carboxylic acids is 1. The first-order valence-corrected chi connectivity index (χ1v) is 7.39. The molecule has 0 aliphatic rings. The lowest BCUT2D eigenvalue weighted by Gasteiger charge is -2.06. The van der Waals surface area contributed by atoms with Crippen LogP contribution in [0.1, 0.15) is 9.67 Å². The van der Waals surface area contributed by atoms with Gasteiger partial charge in [-0.3, -0.25) is 4.79 Å². The molecule has 0 fully saturated rings. The lowest BCUT2D eigenvalue weighted by Crippen LogP contribution is -2.12. The van der Waals surface area contributed by atoms with Crippen LogP contribution >= 0.6 is 34.5 Å². The fraction of sp³-hybridized carbons (Fsp3) is 0. The van der Waals surface area contributed by atoms with Gasteiger partial charge in [-0.2, -0.15) is 5.10 Å². The van der Waals surface area contributed by atoms with Gasteiger partial charge in [0.15, 0.2) is 0 Å². The molecular weight excluding hydrogens is 331 g/mol. The second kappa shape index (κ2) is 5.48. The van der Waals surface area contributed by atoms with E-state index >= 15 is 0 Å². The molecule has 2 heterocycles. The van der Waals surface area contributed by atoms with Gasteiger partial charge in [-0.15, -0.1) is 16.4 Å². The van der Waals surface area contributed by atoms with Crippen LogP contribution in [-0.4, -0.2) is 16.1 Å². The molecule has 1 amide bonds. The van der Waals surface area contributed by atoms with E-state index in [0.717, 1.165) is 0 Å². The summed E-state index contributed by atoms with van der Waals surface area (Å²) in [5.41, 5.74) is 6.83. The van der Waals surface area contributed by atoms with Crippen molar-refractivity contribution < 1.29 is 4.79 Å². The van der Waals surface area contributed by atoms with Crippen molar-refractivity contribution in [2.24, 2.45) is 0 Å². The highest BCUT2D eigenvalue weighted by atomic mass is 35.5. The molecule has 0 saturated carbocycles. The van der Waals surface area contributed by atoms with E-state index in [-0.39, 0.29) is 5.91 Å². The van der Waals surface area contributed by atoms with Gasteiger partial charge in [-0.1, -0.05) is 23.2 Å². The molecule has 0 spiro atoms. The molecular formula is C13H8Cl2N4OS. The first-order valence-electron chi connectivity index (χ1n) is 5.82. The Morgan fingerprint density at radius 2 is 2.10 bits per heavy atom. The minimum Gasteiger partial charge on any atom is -0.397 e. The molecule has 0 saturated heterocycles. The Kier molecular flexibility index (Phi) is 3.67. The fourth-order valence-corrected chi connectivity index (χ4v) is 3.20. The van der Waals surface area contributed by atoms with Crippen molar-refractivity contribution in [3.63, 3.8) is 0 Å². The summed E-state index contributed by atoms with van der Waals surface area (Å²) >= 11 is 13.0. The van der Waals surface area contributed by atoms with Crippen molar-refractivity contribution in [1.29, 1.82) is 0 Å². The number of anilines is 2. The molecule has 3 rings (SSSR count). The lowest BCUT2D eigenvalue weighted by atomic mass is 10.2. The number of thiophene rings is 1. The van der Waals surface area contributed by atoms with Gasteiger partial charge >= 0.3 is 0 Å². The van der Waals surface area contributed by atoms with Gasteiger partial charge < -0.3 is 11.1 Å². The molecule has 0 atom stereocenters. The van der Waals surface area contributed by atoms with Crippen LogP contribution in [0.5, 0.6) is 0 Å². The van der Waals surface area contributed by atoms with Gasteiger partial charge in [0.2, 0.25) is 0 Å². The second-order valence-corrected chi connectivity index (χ2v) is 6.02. The van der Waals surface area contributed by atoms with Gasteiger partial charge in [0.25, 0.3) is 5.91 Å². The third-order valence-corrected chi connectivity index (χ3v) is 4.46. The molecule has 2 aromatic heterocycles. The maximum absolute atomic E-state index is 12.3. The number of amides is 1. The van der Waals surface area contributed by atoms with Crippen molar-refractivity contribution in [3.8, 4) is 0 Å². The maximum atomic E-state index is 12.3. The molecule has 0 bridgehead atoms. The van der Waals surface area contributed by atoms with E-state index in [1.807, 2.05) is 0 Å². The summed E-state index contributed by atoms with van der Waals surface area (Å²) in [6.45, 7) is 0. The average molecular weight is 339 g/mol. The Labute approximate surface area is 133 Å². The largest absolute Gasteiger partial charge is 0.397 e. The average Bonchev–Trinajstić information content (AvgIpc) is 2.80. The Bertz CT molecular complexity index is 849. The van der Waals surface area contributed by atoms with Gasteiger partial charge in [0, 0.05) is 10.4 Å². The fourth-order valence-electron chi connectivity index (χ4n) is 1.81. The number of halogens is 2. The van der Waals surface area contributed by atoms with Crippen LogP contribution in [0.4, 0.5) is 11.4 Å². The number of nitrogens with zero attached hydrogens (tertiary/aromatic N) is 2. The monoisotopic (exact) mass is 338 g/mol. The number of nitrogens with one attached hydrogen (secondary N) is 1. The van der Waals surface area contributed by atoms with E-state index in [4.69, 9.17) is 28.9 Å². The molecule has 8 heteroatoms. The van der Waals surface area contributed by atoms with E-state index in [1.54, 1.807) is 24.3 Å². The van der Waals surface area contributed by atoms with Gasteiger partial charge in [-0.05, 0) is 24.3 Å². The highest BCUT2D eigenvalue weighted by Crippen LogP contribution is 2.33. The van der Waals surface area contributed by atoms with Crippen LogP contribution < -0.4 is 11.1 Å². The molecule has 0 radical (unpaired) electrons. The van der Waals surface area contributed by atoms with Crippen molar-refractivity contribution in [2.75, 3.05) is 11.1 Å².